The van der Waals surface area contributed by atoms with Gasteiger partial charge in [-0.3, -0.25) is 9.69 Å². The van der Waals surface area contributed by atoms with Crippen molar-refractivity contribution >= 4 is 5.91 Å². The van der Waals surface area contributed by atoms with E-state index in [-0.39, 0.29) is 11.7 Å². The number of rotatable bonds is 3. The second-order valence-corrected chi connectivity index (χ2v) is 6.07. The van der Waals surface area contributed by atoms with Gasteiger partial charge in [0, 0.05) is 38.3 Å². The maximum atomic E-state index is 13.8. The fraction of sp³-hybridized carbons (Fsp3) is 0.588. The molecule has 2 fully saturated rings. The third-order valence-electron chi connectivity index (χ3n) is 4.45. The second kappa shape index (κ2) is 7.20. The SMILES string of the molecule is O=C(C1CN(Cc2ccccc2F)CCO1)N1CCCCC1. The number of carbonyl (C=O) groups excluding carboxylic acids is 1. The number of likely N-dealkylation sites (tertiary alicyclic amines) is 1. The van der Waals surface area contributed by atoms with Crippen molar-refractivity contribution < 1.29 is 13.9 Å². The number of amides is 1. The monoisotopic (exact) mass is 306 g/mol. The van der Waals surface area contributed by atoms with Crippen molar-refractivity contribution in [2.45, 2.75) is 31.9 Å². The zero-order chi connectivity index (χ0) is 15.4. The first kappa shape index (κ1) is 15.4. The van der Waals surface area contributed by atoms with Crippen LogP contribution < -0.4 is 0 Å². The molecule has 120 valence electrons. The van der Waals surface area contributed by atoms with E-state index in [0.717, 1.165) is 32.5 Å². The van der Waals surface area contributed by atoms with Gasteiger partial charge in [0.2, 0.25) is 0 Å². The summed E-state index contributed by atoms with van der Waals surface area (Å²) in [5.41, 5.74) is 0.675. The molecule has 2 aliphatic heterocycles. The Hall–Kier alpha value is -1.46. The van der Waals surface area contributed by atoms with Gasteiger partial charge in [-0.15, -0.1) is 0 Å². The Labute approximate surface area is 130 Å². The summed E-state index contributed by atoms with van der Waals surface area (Å²) in [5.74, 6) is -0.0918. The molecule has 0 radical (unpaired) electrons. The number of piperidine rings is 1. The lowest BCUT2D eigenvalue weighted by atomic mass is 10.1. The van der Waals surface area contributed by atoms with E-state index < -0.39 is 6.10 Å². The quantitative estimate of drug-likeness (QED) is 0.857. The molecule has 2 heterocycles. The summed E-state index contributed by atoms with van der Waals surface area (Å²) in [6.07, 6.45) is 2.96. The third-order valence-corrected chi connectivity index (χ3v) is 4.45. The van der Waals surface area contributed by atoms with Gasteiger partial charge in [0.25, 0.3) is 5.91 Å². The maximum Gasteiger partial charge on any atom is 0.253 e. The van der Waals surface area contributed by atoms with Crippen LogP contribution in [-0.4, -0.2) is 54.6 Å². The Morgan fingerprint density at radius 1 is 1.18 bits per heavy atom. The molecule has 22 heavy (non-hydrogen) atoms. The van der Waals surface area contributed by atoms with E-state index in [1.807, 2.05) is 11.0 Å². The van der Waals surface area contributed by atoms with Crippen molar-refractivity contribution in [3.05, 3.63) is 35.6 Å². The van der Waals surface area contributed by atoms with E-state index in [4.69, 9.17) is 4.74 Å². The maximum absolute atomic E-state index is 13.8. The molecule has 0 saturated carbocycles. The first-order valence-corrected chi connectivity index (χ1v) is 8.10. The minimum Gasteiger partial charge on any atom is -0.366 e. The smallest absolute Gasteiger partial charge is 0.253 e. The molecule has 1 atom stereocenters. The Kier molecular flexibility index (Phi) is 5.05. The van der Waals surface area contributed by atoms with Gasteiger partial charge in [-0.05, 0) is 25.3 Å². The molecule has 0 spiro atoms. The molecule has 0 aliphatic carbocycles. The highest BCUT2D eigenvalue weighted by Crippen LogP contribution is 2.16. The highest BCUT2D eigenvalue weighted by Gasteiger charge is 2.30. The van der Waals surface area contributed by atoms with Gasteiger partial charge < -0.3 is 9.64 Å². The number of hydrogen-bond donors (Lipinski definition) is 0. The van der Waals surface area contributed by atoms with Crippen LogP contribution in [0.3, 0.4) is 0 Å². The second-order valence-electron chi connectivity index (χ2n) is 6.07. The van der Waals surface area contributed by atoms with Crippen LogP contribution in [0.25, 0.3) is 0 Å². The minimum absolute atomic E-state index is 0.0953. The van der Waals surface area contributed by atoms with Crippen LogP contribution in [0.5, 0.6) is 0 Å². The average molecular weight is 306 g/mol. The van der Waals surface area contributed by atoms with E-state index in [9.17, 15) is 9.18 Å². The Bertz CT molecular complexity index is 517. The number of carbonyl (C=O) groups is 1. The summed E-state index contributed by atoms with van der Waals surface area (Å²) in [7, 11) is 0. The van der Waals surface area contributed by atoms with Crippen LogP contribution in [-0.2, 0) is 16.1 Å². The standard InChI is InChI=1S/C17H23FN2O2/c18-15-7-3-2-6-14(15)12-19-10-11-22-16(13-19)17(21)20-8-4-1-5-9-20/h2-3,6-7,16H,1,4-5,8-13H2. The van der Waals surface area contributed by atoms with E-state index in [2.05, 4.69) is 4.90 Å². The Morgan fingerprint density at radius 2 is 1.95 bits per heavy atom. The summed E-state index contributed by atoms with van der Waals surface area (Å²) < 4.78 is 19.4. The van der Waals surface area contributed by atoms with Gasteiger partial charge in [0.1, 0.15) is 11.9 Å². The molecule has 4 nitrogen and oxygen atoms in total. The molecule has 1 aromatic rings. The molecule has 2 saturated heterocycles. The third kappa shape index (κ3) is 3.65. The molecule has 2 aliphatic rings. The molecule has 1 unspecified atom stereocenters. The van der Waals surface area contributed by atoms with Gasteiger partial charge in [-0.1, -0.05) is 18.2 Å². The summed E-state index contributed by atoms with van der Waals surface area (Å²) in [6, 6.07) is 6.81. The predicted molar refractivity (Wildman–Crippen MR) is 81.8 cm³/mol. The lowest BCUT2D eigenvalue weighted by molar-refractivity contribution is -0.150. The summed E-state index contributed by atoms with van der Waals surface area (Å²) >= 11 is 0. The summed E-state index contributed by atoms with van der Waals surface area (Å²) in [6.45, 7) is 4.01. The summed E-state index contributed by atoms with van der Waals surface area (Å²) in [4.78, 5) is 16.5. The molecular formula is C17H23FN2O2. The molecule has 3 rings (SSSR count). The number of hydrogen-bond acceptors (Lipinski definition) is 3. The highest BCUT2D eigenvalue weighted by molar-refractivity contribution is 5.81. The van der Waals surface area contributed by atoms with E-state index in [0.29, 0.717) is 25.3 Å². The van der Waals surface area contributed by atoms with Crippen LogP contribution in [0.2, 0.25) is 0 Å². The van der Waals surface area contributed by atoms with E-state index in [1.54, 1.807) is 12.1 Å². The van der Waals surface area contributed by atoms with Crippen molar-refractivity contribution in [2.75, 3.05) is 32.8 Å². The lowest BCUT2D eigenvalue weighted by Crippen LogP contribution is -2.51. The molecule has 1 aromatic carbocycles. The van der Waals surface area contributed by atoms with Gasteiger partial charge >= 0.3 is 0 Å². The fourth-order valence-corrected chi connectivity index (χ4v) is 3.18. The molecular weight excluding hydrogens is 283 g/mol. The van der Waals surface area contributed by atoms with Gasteiger partial charge in [0.05, 0.1) is 6.61 Å². The van der Waals surface area contributed by atoms with Crippen molar-refractivity contribution in [3.8, 4) is 0 Å². The van der Waals surface area contributed by atoms with E-state index >= 15 is 0 Å². The number of morpholine rings is 1. The van der Waals surface area contributed by atoms with Crippen LogP contribution in [0, 0.1) is 5.82 Å². The topological polar surface area (TPSA) is 32.8 Å². The summed E-state index contributed by atoms with van der Waals surface area (Å²) in [5, 5.41) is 0. The lowest BCUT2D eigenvalue weighted by Gasteiger charge is -2.36. The number of nitrogens with zero attached hydrogens (tertiary/aromatic N) is 2. The first-order chi connectivity index (χ1) is 10.7. The molecule has 1 amide bonds. The molecule has 0 aromatic heterocycles. The average Bonchev–Trinajstić information content (AvgIpc) is 2.57. The van der Waals surface area contributed by atoms with Crippen molar-refractivity contribution in [2.24, 2.45) is 0 Å². The van der Waals surface area contributed by atoms with Crippen LogP contribution >= 0.6 is 0 Å². The number of benzene rings is 1. The zero-order valence-corrected chi connectivity index (χ0v) is 12.8. The predicted octanol–water partition coefficient (Wildman–Crippen LogP) is 2.04. The van der Waals surface area contributed by atoms with Gasteiger partial charge in [0.15, 0.2) is 0 Å². The van der Waals surface area contributed by atoms with Crippen molar-refractivity contribution in [1.29, 1.82) is 0 Å². The largest absolute Gasteiger partial charge is 0.366 e. The minimum atomic E-state index is -0.404. The molecule has 0 N–H and O–H groups in total. The van der Waals surface area contributed by atoms with Crippen LogP contribution in [0.15, 0.2) is 24.3 Å². The Morgan fingerprint density at radius 3 is 2.73 bits per heavy atom. The van der Waals surface area contributed by atoms with Gasteiger partial charge in [-0.2, -0.15) is 0 Å². The van der Waals surface area contributed by atoms with Crippen LogP contribution in [0.4, 0.5) is 4.39 Å². The zero-order valence-electron chi connectivity index (χ0n) is 12.8. The normalized spacial score (nSPS) is 23.5. The van der Waals surface area contributed by atoms with Gasteiger partial charge in [-0.25, -0.2) is 4.39 Å². The first-order valence-electron chi connectivity index (χ1n) is 8.10. The van der Waals surface area contributed by atoms with Crippen molar-refractivity contribution in [3.63, 3.8) is 0 Å². The van der Waals surface area contributed by atoms with Crippen LogP contribution in [0.1, 0.15) is 24.8 Å². The van der Waals surface area contributed by atoms with Crippen molar-refractivity contribution in [1.82, 2.24) is 9.80 Å². The van der Waals surface area contributed by atoms with E-state index in [1.165, 1.54) is 12.5 Å². The Balaban J connectivity index is 1.59. The number of ether oxygens (including phenoxy) is 1. The molecule has 5 heteroatoms. The fourth-order valence-electron chi connectivity index (χ4n) is 3.18. The highest BCUT2D eigenvalue weighted by atomic mass is 19.1. The molecule has 0 bridgehead atoms. The number of halogens is 1.